The van der Waals surface area contributed by atoms with E-state index in [0.29, 0.717) is 11.6 Å². The van der Waals surface area contributed by atoms with Crippen LogP contribution in [0, 0.1) is 10.1 Å². The Kier molecular flexibility index (Phi) is 5.54. The van der Waals surface area contributed by atoms with E-state index in [4.69, 9.17) is 21.1 Å². The molecule has 1 atom stereocenters. The number of nitrogens with zero attached hydrogens (tertiary/aromatic N) is 2. The van der Waals surface area contributed by atoms with Gasteiger partial charge < -0.3 is 14.4 Å². The molecule has 8 heteroatoms. The summed E-state index contributed by atoms with van der Waals surface area (Å²) < 4.78 is 11.0. The molecular weight excluding hydrogens is 336 g/mol. The Morgan fingerprint density at radius 1 is 1.46 bits per heavy atom. The van der Waals surface area contributed by atoms with Crippen LogP contribution in [-0.4, -0.2) is 40.7 Å². The normalized spacial score (nSPS) is 17.7. The van der Waals surface area contributed by atoms with Crippen LogP contribution in [0.3, 0.4) is 0 Å². The standard InChI is InChI=1S/C16H21ClN2O5/c1-16(2,3)24-15(20)18-8-4-5-12(18)10-23-14-9-11(19(21)22)6-7-13(14)17/h6-7,9,12H,4-5,8,10H2,1-3H3. The fourth-order valence-corrected chi connectivity index (χ4v) is 2.64. The first kappa shape index (κ1) is 18.3. The van der Waals surface area contributed by atoms with Gasteiger partial charge in [-0.25, -0.2) is 4.79 Å². The molecule has 0 radical (unpaired) electrons. The van der Waals surface area contributed by atoms with E-state index in [1.165, 1.54) is 18.2 Å². The zero-order valence-electron chi connectivity index (χ0n) is 14.0. The second-order valence-corrected chi connectivity index (χ2v) is 7.06. The highest BCUT2D eigenvalue weighted by molar-refractivity contribution is 6.32. The van der Waals surface area contributed by atoms with E-state index in [1.54, 1.807) is 4.90 Å². The van der Waals surface area contributed by atoms with Gasteiger partial charge in [-0.15, -0.1) is 0 Å². The lowest BCUT2D eigenvalue weighted by atomic mass is 10.2. The maximum Gasteiger partial charge on any atom is 0.410 e. The van der Waals surface area contributed by atoms with Gasteiger partial charge in [0.2, 0.25) is 0 Å². The van der Waals surface area contributed by atoms with Crippen LogP contribution < -0.4 is 4.74 Å². The minimum Gasteiger partial charge on any atom is -0.490 e. The Morgan fingerprint density at radius 2 is 2.17 bits per heavy atom. The molecule has 1 aromatic rings. The maximum absolute atomic E-state index is 12.2. The Balaban J connectivity index is 2.02. The fourth-order valence-electron chi connectivity index (χ4n) is 2.47. The highest BCUT2D eigenvalue weighted by atomic mass is 35.5. The first-order valence-electron chi connectivity index (χ1n) is 7.74. The summed E-state index contributed by atoms with van der Waals surface area (Å²) in [6, 6.07) is 3.89. The molecule has 1 aromatic carbocycles. The minimum atomic E-state index is -0.561. The van der Waals surface area contributed by atoms with E-state index >= 15 is 0 Å². The zero-order valence-corrected chi connectivity index (χ0v) is 14.7. The number of rotatable bonds is 4. The number of carbonyl (C=O) groups excluding carboxylic acids is 1. The van der Waals surface area contributed by atoms with Crippen LogP contribution >= 0.6 is 11.6 Å². The van der Waals surface area contributed by atoms with Gasteiger partial charge in [0.15, 0.2) is 0 Å². The van der Waals surface area contributed by atoms with Crippen molar-refractivity contribution < 1.29 is 19.2 Å². The Labute approximate surface area is 145 Å². The van der Waals surface area contributed by atoms with E-state index in [2.05, 4.69) is 0 Å². The lowest BCUT2D eigenvalue weighted by molar-refractivity contribution is -0.384. The molecule has 132 valence electrons. The van der Waals surface area contributed by atoms with Crippen molar-refractivity contribution in [2.45, 2.75) is 45.3 Å². The molecule has 1 aliphatic heterocycles. The van der Waals surface area contributed by atoms with E-state index in [0.717, 1.165) is 12.8 Å². The average molecular weight is 357 g/mol. The van der Waals surface area contributed by atoms with Crippen LogP contribution in [0.15, 0.2) is 18.2 Å². The summed E-state index contributed by atoms with van der Waals surface area (Å²) >= 11 is 6.02. The number of non-ortho nitro benzene ring substituents is 1. The van der Waals surface area contributed by atoms with Crippen molar-refractivity contribution in [3.63, 3.8) is 0 Å². The highest BCUT2D eigenvalue weighted by Crippen LogP contribution is 2.30. The number of carbonyl (C=O) groups is 1. The predicted octanol–water partition coefficient (Wildman–Crippen LogP) is 4.03. The number of nitro benzene ring substituents is 1. The Morgan fingerprint density at radius 3 is 2.79 bits per heavy atom. The third kappa shape index (κ3) is 4.74. The van der Waals surface area contributed by atoms with E-state index < -0.39 is 10.5 Å². The number of nitro groups is 1. The largest absolute Gasteiger partial charge is 0.490 e. The Hall–Kier alpha value is -2.02. The van der Waals surface area contributed by atoms with Crippen LogP contribution in [0.2, 0.25) is 5.02 Å². The van der Waals surface area contributed by atoms with Crippen LogP contribution in [0.1, 0.15) is 33.6 Å². The third-order valence-corrected chi connectivity index (χ3v) is 3.87. The third-order valence-electron chi connectivity index (χ3n) is 3.56. The SMILES string of the molecule is CC(C)(C)OC(=O)N1CCCC1COc1cc([N+](=O)[O-])ccc1Cl. The number of halogens is 1. The Bertz CT molecular complexity index is 629. The van der Waals surface area contributed by atoms with Crippen molar-refractivity contribution in [1.29, 1.82) is 0 Å². The van der Waals surface area contributed by atoms with Crippen LogP contribution in [0.5, 0.6) is 5.75 Å². The van der Waals surface area contributed by atoms with Gasteiger partial charge in [0, 0.05) is 12.6 Å². The molecule has 1 amide bonds. The number of likely N-dealkylation sites (tertiary alicyclic amines) is 1. The molecule has 1 heterocycles. The quantitative estimate of drug-likeness (QED) is 0.601. The van der Waals surface area contributed by atoms with Gasteiger partial charge in [-0.2, -0.15) is 0 Å². The molecular formula is C16H21ClN2O5. The molecule has 0 aliphatic carbocycles. The van der Waals surface area contributed by atoms with Crippen molar-refractivity contribution in [3.8, 4) is 5.75 Å². The van der Waals surface area contributed by atoms with Gasteiger partial charge in [0.25, 0.3) is 5.69 Å². The van der Waals surface area contributed by atoms with Crippen LogP contribution in [0.4, 0.5) is 10.5 Å². The molecule has 0 bridgehead atoms. The van der Waals surface area contributed by atoms with E-state index in [1.807, 2.05) is 20.8 Å². The smallest absolute Gasteiger partial charge is 0.410 e. The fraction of sp³-hybridized carbons (Fsp3) is 0.562. The predicted molar refractivity (Wildman–Crippen MR) is 89.6 cm³/mol. The molecule has 1 unspecified atom stereocenters. The van der Waals surface area contributed by atoms with Crippen molar-refractivity contribution in [2.75, 3.05) is 13.2 Å². The zero-order chi connectivity index (χ0) is 17.9. The van der Waals surface area contributed by atoms with Crippen molar-refractivity contribution >= 4 is 23.4 Å². The van der Waals surface area contributed by atoms with Gasteiger partial charge in [-0.1, -0.05) is 11.6 Å². The lowest BCUT2D eigenvalue weighted by Gasteiger charge is -2.28. The summed E-state index contributed by atoms with van der Waals surface area (Å²) in [5.74, 6) is 0.238. The van der Waals surface area contributed by atoms with Gasteiger partial charge in [0.05, 0.1) is 22.1 Å². The number of benzene rings is 1. The van der Waals surface area contributed by atoms with Crippen molar-refractivity contribution in [2.24, 2.45) is 0 Å². The van der Waals surface area contributed by atoms with Crippen molar-refractivity contribution in [1.82, 2.24) is 4.90 Å². The van der Waals surface area contributed by atoms with E-state index in [-0.39, 0.29) is 30.2 Å². The molecule has 0 N–H and O–H groups in total. The molecule has 0 spiro atoms. The van der Waals surface area contributed by atoms with Gasteiger partial charge in [-0.3, -0.25) is 10.1 Å². The number of hydrogen-bond acceptors (Lipinski definition) is 5. The summed E-state index contributed by atoms with van der Waals surface area (Å²) in [7, 11) is 0. The molecule has 1 fully saturated rings. The first-order valence-corrected chi connectivity index (χ1v) is 8.11. The number of amides is 1. The summed E-state index contributed by atoms with van der Waals surface area (Å²) in [5, 5.41) is 11.1. The summed E-state index contributed by atoms with van der Waals surface area (Å²) in [5.41, 5.74) is -0.654. The molecule has 24 heavy (non-hydrogen) atoms. The van der Waals surface area contributed by atoms with E-state index in [9.17, 15) is 14.9 Å². The molecule has 2 rings (SSSR count). The molecule has 0 aromatic heterocycles. The number of hydrogen-bond donors (Lipinski definition) is 0. The molecule has 1 aliphatic rings. The van der Waals surface area contributed by atoms with Crippen molar-refractivity contribution in [3.05, 3.63) is 33.3 Å². The second kappa shape index (κ2) is 7.25. The summed E-state index contributed by atoms with van der Waals surface area (Å²) in [6.07, 6.45) is 1.26. The van der Waals surface area contributed by atoms with Crippen LogP contribution in [0.25, 0.3) is 0 Å². The van der Waals surface area contributed by atoms with Crippen LogP contribution in [-0.2, 0) is 4.74 Å². The first-order chi connectivity index (χ1) is 11.2. The topological polar surface area (TPSA) is 81.9 Å². The number of ether oxygens (including phenoxy) is 2. The van der Waals surface area contributed by atoms with Gasteiger partial charge >= 0.3 is 6.09 Å². The molecule has 1 saturated heterocycles. The average Bonchev–Trinajstić information content (AvgIpc) is 2.93. The minimum absolute atomic E-state index is 0.0928. The lowest BCUT2D eigenvalue weighted by Crippen LogP contribution is -2.42. The monoisotopic (exact) mass is 356 g/mol. The van der Waals surface area contributed by atoms with Gasteiger partial charge in [-0.05, 0) is 39.7 Å². The maximum atomic E-state index is 12.2. The second-order valence-electron chi connectivity index (χ2n) is 6.65. The summed E-state index contributed by atoms with van der Waals surface area (Å²) in [4.78, 5) is 24.2. The molecule has 0 saturated carbocycles. The summed E-state index contributed by atoms with van der Waals surface area (Å²) in [6.45, 7) is 6.26. The van der Waals surface area contributed by atoms with Gasteiger partial charge in [0.1, 0.15) is 18.0 Å². The highest BCUT2D eigenvalue weighted by Gasteiger charge is 2.32. The molecule has 7 nitrogen and oxygen atoms in total.